The molecule has 0 bridgehead atoms. The van der Waals surface area contributed by atoms with E-state index in [1.54, 1.807) is 17.8 Å². The summed E-state index contributed by atoms with van der Waals surface area (Å²) < 4.78 is 43.3. The first kappa shape index (κ1) is 20.5. The number of halogens is 3. The smallest absolute Gasteiger partial charge is 0.437 e. The molecule has 1 N–H and O–H groups in total. The molecule has 0 saturated carbocycles. The first-order valence-electron chi connectivity index (χ1n) is 8.47. The van der Waals surface area contributed by atoms with Gasteiger partial charge >= 0.3 is 5.51 Å². The molecule has 1 heterocycles. The fourth-order valence-electron chi connectivity index (χ4n) is 2.53. The van der Waals surface area contributed by atoms with E-state index in [1.165, 1.54) is 18.2 Å². The summed E-state index contributed by atoms with van der Waals surface area (Å²) in [6.45, 7) is 2.01. The monoisotopic (exact) mass is 422 g/mol. The fraction of sp³-hybridized carbons (Fsp3) is 0.200. The van der Waals surface area contributed by atoms with Crippen LogP contribution in [0.3, 0.4) is 0 Å². The highest BCUT2D eigenvalue weighted by molar-refractivity contribution is 8.03. The Hall–Kier alpha value is -2.19. The fourth-order valence-corrected chi connectivity index (χ4v) is 3.83. The number of rotatable bonds is 5. The maximum Gasteiger partial charge on any atom is 0.446 e. The molecule has 0 spiro atoms. The van der Waals surface area contributed by atoms with Crippen LogP contribution in [0.4, 0.5) is 13.2 Å². The Morgan fingerprint density at radius 3 is 2.89 bits per heavy atom. The van der Waals surface area contributed by atoms with Gasteiger partial charge in [-0.1, -0.05) is 31.2 Å². The van der Waals surface area contributed by atoms with Crippen molar-refractivity contribution in [2.24, 2.45) is 0 Å². The average Bonchev–Trinajstić information content (AvgIpc) is 2.89. The van der Waals surface area contributed by atoms with Gasteiger partial charge in [-0.3, -0.25) is 0 Å². The van der Waals surface area contributed by atoms with Gasteiger partial charge in [-0.2, -0.15) is 13.2 Å². The molecule has 0 aliphatic heterocycles. The summed E-state index contributed by atoms with van der Waals surface area (Å²) in [5.41, 5.74) is -2.22. The molecule has 0 amide bonds. The van der Waals surface area contributed by atoms with Gasteiger partial charge in [0, 0.05) is 28.0 Å². The summed E-state index contributed by atoms with van der Waals surface area (Å²) in [4.78, 5) is 5.24. The van der Waals surface area contributed by atoms with Crippen molar-refractivity contribution in [2.75, 3.05) is 5.75 Å². The predicted molar refractivity (Wildman–Crippen MR) is 111 cm³/mol. The van der Waals surface area contributed by atoms with Crippen molar-refractivity contribution in [2.45, 2.75) is 23.7 Å². The molecule has 0 saturated heterocycles. The number of hydrogen-bond acceptors (Lipinski definition) is 5. The molecule has 28 heavy (non-hydrogen) atoms. The molecular formula is C20H17F3N2OS2. The Morgan fingerprint density at radius 2 is 2.14 bits per heavy atom. The van der Waals surface area contributed by atoms with Crippen LogP contribution in [0.1, 0.15) is 19.2 Å². The molecule has 3 rings (SSSR count). The van der Waals surface area contributed by atoms with Crippen molar-refractivity contribution >= 4 is 46.4 Å². The summed E-state index contributed by atoms with van der Waals surface area (Å²) in [5.74, 6) is 1.14. The number of alkyl halides is 3. The maximum atomic E-state index is 12.6. The van der Waals surface area contributed by atoms with Gasteiger partial charge in [0.25, 0.3) is 0 Å². The number of fused-ring (bicyclic) bond motifs is 1. The van der Waals surface area contributed by atoms with E-state index in [-0.39, 0.29) is 16.7 Å². The molecule has 0 fully saturated rings. The van der Waals surface area contributed by atoms with Gasteiger partial charge < -0.3 is 9.83 Å². The second-order valence-electron chi connectivity index (χ2n) is 5.78. The summed E-state index contributed by atoms with van der Waals surface area (Å²) >= 11 is 1.40. The van der Waals surface area contributed by atoms with E-state index in [4.69, 9.17) is 9.83 Å². The number of nitrogens with zero attached hydrogens (tertiary/aromatic N) is 1. The van der Waals surface area contributed by atoms with E-state index in [0.717, 1.165) is 16.2 Å². The molecule has 1 aliphatic carbocycles. The predicted octanol–water partition coefficient (Wildman–Crippen LogP) is 7.00. The lowest BCUT2D eigenvalue weighted by molar-refractivity contribution is -0.0328. The van der Waals surface area contributed by atoms with E-state index in [9.17, 15) is 13.2 Å². The highest BCUT2D eigenvalue weighted by Gasteiger charge is 2.29. The van der Waals surface area contributed by atoms with Crippen LogP contribution in [0.25, 0.3) is 17.2 Å². The zero-order valence-electron chi connectivity index (χ0n) is 14.9. The van der Waals surface area contributed by atoms with Gasteiger partial charge in [-0.15, -0.1) is 11.8 Å². The van der Waals surface area contributed by atoms with Gasteiger partial charge in [0.05, 0.1) is 0 Å². The highest BCUT2D eigenvalue weighted by Crippen LogP contribution is 2.38. The quantitative estimate of drug-likeness (QED) is 0.527. The lowest BCUT2D eigenvalue weighted by atomic mass is 10.1. The molecule has 8 heteroatoms. The van der Waals surface area contributed by atoms with Crippen LogP contribution in [0.15, 0.2) is 68.4 Å². The van der Waals surface area contributed by atoms with Crippen molar-refractivity contribution in [3.05, 3.63) is 64.9 Å². The highest BCUT2D eigenvalue weighted by atomic mass is 32.2. The van der Waals surface area contributed by atoms with Crippen LogP contribution < -0.4 is 0 Å². The molecule has 1 aromatic heterocycles. The molecule has 0 atom stereocenters. The summed E-state index contributed by atoms with van der Waals surface area (Å²) in [5, 5.41) is 8.13. The van der Waals surface area contributed by atoms with E-state index < -0.39 is 5.51 Å². The van der Waals surface area contributed by atoms with Crippen LogP contribution in [-0.4, -0.2) is 22.0 Å². The van der Waals surface area contributed by atoms with Gasteiger partial charge in [-0.25, -0.2) is 4.98 Å². The zero-order valence-corrected chi connectivity index (χ0v) is 16.5. The molecule has 146 valence electrons. The Labute approximate surface area is 169 Å². The Kier molecular flexibility index (Phi) is 6.51. The standard InChI is InChI=1S/C20H17F3N2OS2/c1-2-27-15(10-13-6-4-3-5-7-16(13)24)12-19-25-17-11-14(28-20(21,22)23)8-9-18(17)26-19/h3-6,8-12,24H,2,7H2,1H3/b13-10-,15-12-,24-16?. The van der Waals surface area contributed by atoms with E-state index in [2.05, 4.69) is 4.98 Å². The minimum atomic E-state index is -4.34. The number of hydrogen-bond donors (Lipinski definition) is 1. The van der Waals surface area contributed by atoms with Gasteiger partial charge in [0.15, 0.2) is 5.58 Å². The number of allylic oxidation sites excluding steroid dienone is 6. The normalized spacial score (nSPS) is 16.9. The average molecular weight is 422 g/mol. The number of oxazole rings is 1. The molecule has 2 aromatic rings. The van der Waals surface area contributed by atoms with Gasteiger partial charge in [-0.05, 0) is 47.4 Å². The summed E-state index contributed by atoms with van der Waals surface area (Å²) in [7, 11) is 0. The Balaban J connectivity index is 1.92. The second-order valence-corrected chi connectivity index (χ2v) is 8.25. The Bertz CT molecular complexity index is 1000. The van der Waals surface area contributed by atoms with Crippen molar-refractivity contribution < 1.29 is 17.6 Å². The first-order chi connectivity index (χ1) is 13.3. The van der Waals surface area contributed by atoms with Crippen LogP contribution in [0.5, 0.6) is 0 Å². The van der Waals surface area contributed by atoms with Crippen molar-refractivity contribution in [1.82, 2.24) is 4.98 Å². The van der Waals surface area contributed by atoms with E-state index in [0.29, 0.717) is 29.1 Å². The van der Waals surface area contributed by atoms with Crippen LogP contribution >= 0.6 is 23.5 Å². The number of thioether (sulfide) groups is 2. The molecule has 0 radical (unpaired) electrons. The third-order valence-corrected chi connectivity index (χ3v) is 5.26. The van der Waals surface area contributed by atoms with Crippen LogP contribution in [0.2, 0.25) is 0 Å². The minimum absolute atomic E-state index is 0.0682. The maximum absolute atomic E-state index is 12.6. The summed E-state index contributed by atoms with van der Waals surface area (Å²) in [6.07, 6.45) is 11.8. The number of nitrogens with one attached hydrogen (secondary N) is 1. The third kappa shape index (κ3) is 5.65. The molecule has 3 nitrogen and oxygen atoms in total. The van der Waals surface area contributed by atoms with Crippen LogP contribution in [-0.2, 0) is 0 Å². The number of benzene rings is 1. The van der Waals surface area contributed by atoms with Gasteiger partial charge in [0.1, 0.15) is 5.52 Å². The van der Waals surface area contributed by atoms with E-state index >= 15 is 0 Å². The molecule has 1 aliphatic rings. The van der Waals surface area contributed by atoms with Crippen LogP contribution in [0, 0.1) is 5.41 Å². The molecule has 1 aromatic carbocycles. The minimum Gasteiger partial charge on any atom is -0.437 e. The topological polar surface area (TPSA) is 49.9 Å². The van der Waals surface area contributed by atoms with Crippen molar-refractivity contribution in [1.29, 1.82) is 5.41 Å². The Morgan fingerprint density at radius 1 is 1.32 bits per heavy atom. The second kappa shape index (κ2) is 8.87. The van der Waals surface area contributed by atoms with Crippen molar-refractivity contribution in [3.63, 3.8) is 0 Å². The lowest BCUT2D eigenvalue weighted by Gasteiger charge is -2.04. The lowest BCUT2D eigenvalue weighted by Crippen LogP contribution is -1.98. The number of aromatic nitrogens is 1. The summed E-state index contributed by atoms with van der Waals surface area (Å²) in [6, 6.07) is 4.23. The van der Waals surface area contributed by atoms with Gasteiger partial charge in [0.2, 0.25) is 5.89 Å². The largest absolute Gasteiger partial charge is 0.446 e. The zero-order chi connectivity index (χ0) is 20.1. The SMILES string of the molecule is CCSC(=C\c1nc2cc(SC(F)(F)F)ccc2o1)/C=C1/C=CC=CCC1=N. The van der Waals surface area contributed by atoms with Crippen molar-refractivity contribution in [3.8, 4) is 0 Å². The van der Waals surface area contributed by atoms with E-state index in [1.807, 2.05) is 37.3 Å². The first-order valence-corrected chi connectivity index (χ1v) is 10.3. The molecular weight excluding hydrogens is 405 g/mol. The third-order valence-electron chi connectivity index (χ3n) is 3.68. The molecule has 0 unspecified atom stereocenters.